The van der Waals surface area contributed by atoms with Crippen LogP contribution in [0.1, 0.15) is 51.5 Å². The molecule has 0 saturated heterocycles. The van der Waals surface area contributed by atoms with Crippen molar-refractivity contribution in [3.63, 3.8) is 0 Å². The van der Waals surface area contributed by atoms with E-state index in [1.54, 1.807) is 0 Å². The first-order valence-electron chi connectivity index (χ1n) is 7.85. The topological polar surface area (TPSA) is 18.5 Å². The fraction of sp³-hybridized carbons (Fsp3) is 0.647. The largest absolute Gasteiger partial charge is 0.490 e. The number of ether oxygens (including phenoxy) is 2. The van der Waals surface area contributed by atoms with Crippen LogP contribution in [0.4, 0.5) is 0 Å². The van der Waals surface area contributed by atoms with Crippen molar-refractivity contribution in [2.24, 2.45) is 5.92 Å². The van der Waals surface area contributed by atoms with Gasteiger partial charge in [-0.15, -0.1) is 0 Å². The minimum Gasteiger partial charge on any atom is -0.490 e. The van der Waals surface area contributed by atoms with Crippen LogP contribution < -0.4 is 9.47 Å². The predicted molar refractivity (Wildman–Crippen MR) is 94.6 cm³/mol. The summed E-state index contributed by atoms with van der Waals surface area (Å²) in [6.45, 7) is 4.93. The Hall–Kier alpha value is -0.220. The van der Waals surface area contributed by atoms with Crippen molar-refractivity contribution in [3.8, 4) is 11.5 Å². The molecule has 2 nitrogen and oxygen atoms in total. The maximum Gasteiger partial charge on any atom is 0.175 e. The molecule has 0 radical (unpaired) electrons. The van der Waals surface area contributed by atoms with Crippen molar-refractivity contribution in [2.45, 2.75) is 57.4 Å². The van der Waals surface area contributed by atoms with Crippen LogP contribution in [0, 0.1) is 5.92 Å². The molecule has 0 spiro atoms. The lowest BCUT2D eigenvalue weighted by atomic mass is 9.85. The van der Waals surface area contributed by atoms with Crippen molar-refractivity contribution in [2.75, 3.05) is 6.61 Å². The fourth-order valence-corrected chi connectivity index (χ4v) is 3.87. The van der Waals surface area contributed by atoms with Gasteiger partial charge in [-0.3, -0.25) is 0 Å². The zero-order valence-electron chi connectivity index (χ0n) is 12.8. The van der Waals surface area contributed by atoms with Crippen LogP contribution in [0.2, 0.25) is 0 Å². The molecule has 0 aliphatic heterocycles. The lowest BCUT2D eigenvalue weighted by Gasteiger charge is -2.30. The van der Waals surface area contributed by atoms with Gasteiger partial charge < -0.3 is 9.47 Å². The second kappa shape index (κ2) is 8.42. The summed E-state index contributed by atoms with van der Waals surface area (Å²) < 4.78 is 13.1. The van der Waals surface area contributed by atoms with E-state index in [0.29, 0.717) is 12.7 Å². The Balaban J connectivity index is 2.17. The van der Waals surface area contributed by atoms with Crippen LogP contribution in [0.25, 0.3) is 0 Å². The van der Waals surface area contributed by atoms with E-state index in [2.05, 4.69) is 50.9 Å². The second-order valence-corrected chi connectivity index (χ2v) is 7.07. The molecule has 1 aliphatic rings. The van der Waals surface area contributed by atoms with E-state index in [0.717, 1.165) is 40.1 Å². The highest BCUT2D eigenvalue weighted by Gasteiger charge is 2.24. The average Bonchev–Trinajstić information content (AvgIpc) is 2.50. The fourth-order valence-electron chi connectivity index (χ4n) is 2.96. The smallest absolute Gasteiger partial charge is 0.175 e. The summed E-state index contributed by atoms with van der Waals surface area (Å²) in [4.78, 5) is 0. The molecule has 118 valence electrons. The van der Waals surface area contributed by atoms with Gasteiger partial charge in [0.05, 0.1) is 17.2 Å². The van der Waals surface area contributed by atoms with Gasteiger partial charge in [0.1, 0.15) is 0 Å². The molecule has 0 heterocycles. The van der Waals surface area contributed by atoms with Gasteiger partial charge in [-0.1, -0.05) is 35.7 Å². The molecule has 1 fully saturated rings. The molecule has 0 N–H and O–H groups in total. The first-order chi connectivity index (χ1) is 10.2. The highest BCUT2D eigenvalue weighted by Crippen LogP contribution is 2.40. The molecule has 1 aliphatic carbocycles. The molecule has 4 heteroatoms. The predicted octanol–water partition coefficient (Wildman–Crippen LogP) is 6.09. The van der Waals surface area contributed by atoms with Crippen molar-refractivity contribution >= 4 is 31.9 Å². The molecule has 2 unspecified atom stereocenters. The first kappa shape index (κ1) is 17.1. The summed E-state index contributed by atoms with van der Waals surface area (Å²) >= 11 is 7.14. The maximum absolute atomic E-state index is 6.31. The molecule has 1 aromatic rings. The molecule has 0 bridgehead atoms. The zero-order valence-corrected chi connectivity index (χ0v) is 16.0. The van der Waals surface area contributed by atoms with Gasteiger partial charge in [0.25, 0.3) is 0 Å². The van der Waals surface area contributed by atoms with Crippen molar-refractivity contribution in [3.05, 3.63) is 22.2 Å². The Morgan fingerprint density at radius 2 is 2.05 bits per heavy atom. The van der Waals surface area contributed by atoms with E-state index in [1.807, 2.05) is 6.92 Å². The molecule has 21 heavy (non-hydrogen) atoms. The van der Waals surface area contributed by atoms with Gasteiger partial charge >= 0.3 is 0 Å². The van der Waals surface area contributed by atoms with E-state index in [4.69, 9.17) is 9.47 Å². The van der Waals surface area contributed by atoms with Gasteiger partial charge in [0, 0.05) is 5.33 Å². The number of rotatable bonds is 6. The molecule has 1 aromatic carbocycles. The summed E-state index contributed by atoms with van der Waals surface area (Å²) in [5, 5.41) is 0.813. The minimum atomic E-state index is 0.314. The molecule has 2 rings (SSSR count). The van der Waals surface area contributed by atoms with Gasteiger partial charge in [-0.05, 0) is 65.7 Å². The Kier molecular flexibility index (Phi) is 6.87. The summed E-state index contributed by atoms with van der Waals surface area (Å²) in [6.07, 6.45) is 6.49. The Morgan fingerprint density at radius 3 is 2.71 bits per heavy atom. The number of hydrogen-bond donors (Lipinski definition) is 0. The van der Waals surface area contributed by atoms with Crippen molar-refractivity contribution in [1.82, 2.24) is 0 Å². The third-order valence-corrected chi connectivity index (χ3v) is 5.36. The van der Waals surface area contributed by atoms with Gasteiger partial charge in [0.2, 0.25) is 0 Å². The number of alkyl halides is 1. The molecule has 1 saturated carbocycles. The second-order valence-electron chi connectivity index (χ2n) is 5.65. The monoisotopic (exact) mass is 418 g/mol. The first-order valence-corrected chi connectivity index (χ1v) is 9.77. The van der Waals surface area contributed by atoms with Crippen LogP contribution in [0.5, 0.6) is 11.5 Å². The van der Waals surface area contributed by atoms with Crippen LogP contribution in [0.15, 0.2) is 16.6 Å². The average molecular weight is 420 g/mol. The number of halogens is 2. The van der Waals surface area contributed by atoms with Crippen LogP contribution in [-0.4, -0.2) is 12.7 Å². The third-order valence-electron chi connectivity index (χ3n) is 4.12. The molecule has 2 atom stereocenters. The normalized spacial score (nSPS) is 22.1. The SMILES string of the molecule is CCOc1cc(CBr)cc(Br)c1OC1CCCC(CC)C1. The van der Waals surface area contributed by atoms with Crippen molar-refractivity contribution in [1.29, 1.82) is 0 Å². The summed E-state index contributed by atoms with van der Waals surface area (Å²) in [5.74, 6) is 2.52. The van der Waals surface area contributed by atoms with Gasteiger partial charge in [-0.25, -0.2) is 0 Å². The maximum atomic E-state index is 6.31. The lowest BCUT2D eigenvalue weighted by molar-refractivity contribution is 0.116. The summed E-state index contributed by atoms with van der Waals surface area (Å²) in [6, 6.07) is 4.17. The van der Waals surface area contributed by atoms with Gasteiger partial charge in [0.15, 0.2) is 11.5 Å². The van der Waals surface area contributed by atoms with E-state index in [1.165, 1.54) is 24.8 Å². The molecular weight excluding hydrogens is 396 g/mol. The standard InChI is InChI=1S/C17H24Br2O2/c1-3-12-6-5-7-14(8-12)21-17-15(19)9-13(11-18)10-16(17)20-4-2/h9-10,12,14H,3-8,11H2,1-2H3. The molecule has 0 amide bonds. The number of benzene rings is 1. The lowest BCUT2D eigenvalue weighted by Crippen LogP contribution is -2.25. The van der Waals surface area contributed by atoms with Crippen LogP contribution in [-0.2, 0) is 5.33 Å². The number of hydrogen-bond acceptors (Lipinski definition) is 2. The van der Waals surface area contributed by atoms with Crippen LogP contribution in [0.3, 0.4) is 0 Å². The van der Waals surface area contributed by atoms with E-state index in [-0.39, 0.29) is 0 Å². The summed E-state index contributed by atoms with van der Waals surface area (Å²) in [5.41, 5.74) is 1.19. The highest BCUT2D eigenvalue weighted by molar-refractivity contribution is 9.10. The van der Waals surface area contributed by atoms with E-state index in [9.17, 15) is 0 Å². The Labute approximate surface area is 144 Å². The van der Waals surface area contributed by atoms with Gasteiger partial charge in [-0.2, -0.15) is 0 Å². The highest BCUT2D eigenvalue weighted by atomic mass is 79.9. The quantitative estimate of drug-likeness (QED) is 0.519. The van der Waals surface area contributed by atoms with E-state index < -0.39 is 0 Å². The Morgan fingerprint density at radius 1 is 1.24 bits per heavy atom. The Bertz CT molecular complexity index is 462. The van der Waals surface area contributed by atoms with Crippen LogP contribution >= 0.6 is 31.9 Å². The minimum absolute atomic E-state index is 0.314. The molecular formula is C17H24Br2O2. The molecule has 0 aromatic heterocycles. The third kappa shape index (κ3) is 4.62. The zero-order chi connectivity index (χ0) is 15.2. The van der Waals surface area contributed by atoms with E-state index >= 15 is 0 Å². The summed E-state index contributed by atoms with van der Waals surface area (Å²) in [7, 11) is 0. The van der Waals surface area contributed by atoms with Crippen molar-refractivity contribution < 1.29 is 9.47 Å².